The lowest BCUT2D eigenvalue weighted by atomic mass is 10.6. The summed E-state index contributed by atoms with van der Waals surface area (Å²) in [7, 11) is 0. The lowest BCUT2D eigenvalue weighted by molar-refractivity contribution is 1.11. The number of fused-ring (bicyclic) bond motifs is 1. The van der Waals surface area contributed by atoms with Crippen LogP contribution in [-0.4, -0.2) is 14.4 Å². The fourth-order valence-corrected chi connectivity index (χ4v) is 0.956. The molecule has 2 heterocycles. The Bertz CT molecular complexity index is 366. The van der Waals surface area contributed by atoms with E-state index in [9.17, 15) is 0 Å². The molecule has 0 radical (unpaired) electrons. The fourth-order valence-electron chi connectivity index (χ4n) is 0.956. The summed E-state index contributed by atoms with van der Waals surface area (Å²) >= 11 is 0. The van der Waals surface area contributed by atoms with Crippen molar-refractivity contribution in [2.24, 2.45) is 5.84 Å². The number of anilines is 1. The molecule has 0 spiro atoms. The minimum absolute atomic E-state index is 0.581. The van der Waals surface area contributed by atoms with Gasteiger partial charge in [-0.05, 0) is 0 Å². The van der Waals surface area contributed by atoms with Crippen LogP contribution in [0.1, 0.15) is 0 Å². The van der Waals surface area contributed by atoms with Crippen LogP contribution < -0.4 is 11.3 Å². The molecule has 3 N–H and O–H groups in total. The zero-order chi connectivity index (χ0) is 7.68. The molecule has 0 aliphatic rings. The number of imidazole rings is 1. The van der Waals surface area contributed by atoms with Crippen LogP contribution in [0.3, 0.4) is 0 Å². The summed E-state index contributed by atoms with van der Waals surface area (Å²) in [4.78, 5) is 8.03. The molecule has 0 fully saturated rings. The van der Waals surface area contributed by atoms with Gasteiger partial charge in [0.05, 0.1) is 0 Å². The average Bonchev–Trinajstić information content (AvgIpc) is 2.50. The van der Waals surface area contributed by atoms with Crippen LogP contribution in [0.15, 0.2) is 24.8 Å². The standard InChI is InChI=1S/C6H7N5/c7-10-5-6-9-2-4-11(6)3-1-8-5/h1-4H,7H2,(H,8,10). The Labute approximate surface area is 62.8 Å². The van der Waals surface area contributed by atoms with Gasteiger partial charge in [-0.15, -0.1) is 0 Å². The molecule has 0 saturated carbocycles. The van der Waals surface area contributed by atoms with Crippen molar-refractivity contribution in [1.29, 1.82) is 0 Å². The van der Waals surface area contributed by atoms with Crippen molar-refractivity contribution < 1.29 is 0 Å². The van der Waals surface area contributed by atoms with E-state index in [0.29, 0.717) is 5.82 Å². The quantitative estimate of drug-likeness (QED) is 0.443. The first-order valence-electron chi connectivity index (χ1n) is 3.16. The Morgan fingerprint density at radius 1 is 1.27 bits per heavy atom. The van der Waals surface area contributed by atoms with Gasteiger partial charge in [0.15, 0.2) is 11.5 Å². The van der Waals surface area contributed by atoms with Crippen LogP contribution in [0.2, 0.25) is 0 Å². The molecule has 56 valence electrons. The summed E-state index contributed by atoms with van der Waals surface area (Å²) in [5, 5.41) is 0. The number of nitrogen functional groups attached to an aromatic ring is 1. The topological polar surface area (TPSA) is 68.2 Å². The normalized spacial score (nSPS) is 10.3. The third-order valence-electron chi connectivity index (χ3n) is 1.45. The molecule has 0 aliphatic heterocycles. The van der Waals surface area contributed by atoms with Crippen molar-refractivity contribution in [3.8, 4) is 0 Å². The molecule has 2 aromatic rings. The van der Waals surface area contributed by atoms with Gasteiger partial charge in [-0.3, -0.25) is 0 Å². The van der Waals surface area contributed by atoms with Gasteiger partial charge in [0.1, 0.15) is 0 Å². The van der Waals surface area contributed by atoms with Gasteiger partial charge >= 0.3 is 0 Å². The van der Waals surface area contributed by atoms with E-state index in [1.165, 1.54) is 0 Å². The highest BCUT2D eigenvalue weighted by Crippen LogP contribution is 2.07. The minimum Gasteiger partial charge on any atom is -0.305 e. The van der Waals surface area contributed by atoms with Crippen LogP contribution in [0.5, 0.6) is 0 Å². The largest absolute Gasteiger partial charge is 0.305 e. The van der Waals surface area contributed by atoms with E-state index >= 15 is 0 Å². The molecule has 0 aliphatic carbocycles. The summed E-state index contributed by atoms with van der Waals surface area (Å²) in [6.45, 7) is 0. The van der Waals surface area contributed by atoms with E-state index in [4.69, 9.17) is 5.84 Å². The Balaban J connectivity index is 2.79. The van der Waals surface area contributed by atoms with Gasteiger partial charge in [0.25, 0.3) is 0 Å². The monoisotopic (exact) mass is 149 g/mol. The number of nitrogens with one attached hydrogen (secondary N) is 1. The SMILES string of the molecule is NNc1nccn2ccnc12. The first-order chi connectivity index (χ1) is 5.42. The molecule has 2 aromatic heterocycles. The first kappa shape index (κ1) is 6.11. The maximum Gasteiger partial charge on any atom is 0.184 e. The highest BCUT2D eigenvalue weighted by Gasteiger charge is 1.99. The molecule has 0 bridgehead atoms. The molecule has 0 amide bonds. The Hall–Kier alpha value is -1.62. The molecular formula is C6H7N5. The molecule has 2 rings (SSSR count). The summed E-state index contributed by atoms with van der Waals surface area (Å²) in [6.07, 6.45) is 6.99. The molecule has 0 unspecified atom stereocenters. The zero-order valence-electron chi connectivity index (χ0n) is 5.73. The van der Waals surface area contributed by atoms with Crippen molar-refractivity contribution in [2.75, 3.05) is 5.43 Å². The predicted molar refractivity (Wildman–Crippen MR) is 40.8 cm³/mol. The van der Waals surface area contributed by atoms with Crippen molar-refractivity contribution in [3.05, 3.63) is 24.8 Å². The third kappa shape index (κ3) is 0.821. The third-order valence-corrected chi connectivity index (χ3v) is 1.45. The lowest BCUT2D eigenvalue weighted by Crippen LogP contribution is -2.09. The maximum atomic E-state index is 5.21. The number of hydrogen-bond acceptors (Lipinski definition) is 4. The second-order valence-corrected chi connectivity index (χ2v) is 2.08. The number of aromatic nitrogens is 3. The highest BCUT2D eigenvalue weighted by atomic mass is 15.3. The highest BCUT2D eigenvalue weighted by molar-refractivity contribution is 5.61. The van der Waals surface area contributed by atoms with E-state index in [1.807, 2.05) is 16.8 Å². The van der Waals surface area contributed by atoms with Crippen LogP contribution in [0.25, 0.3) is 5.65 Å². The van der Waals surface area contributed by atoms with Crippen LogP contribution in [-0.2, 0) is 0 Å². The molecule has 0 atom stereocenters. The van der Waals surface area contributed by atoms with Crippen LogP contribution >= 0.6 is 0 Å². The smallest absolute Gasteiger partial charge is 0.184 e. The number of rotatable bonds is 1. The fraction of sp³-hybridized carbons (Fsp3) is 0. The van der Waals surface area contributed by atoms with Gasteiger partial charge in [0, 0.05) is 24.8 Å². The number of nitrogens with zero attached hydrogens (tertiary/aromatic N) is 3. The van der Waals surface area contributed by atoms with Crippen molar-refractivity contribution in [1.82, 2.24) is 14.4 Å². The zero-order valence-corrected chi connectivity index (χ0v) is 5.73. The maximum absolute atomic E-state index is 5.21. The van der Waals surface area contributed by atoms with Crippen LogP contribution in [0.4, 0.5) is 5.82 Å². The van der Waals surface area contributed by atoms with Gasteiger partial charge in [-0.25, -0.2) is 15.8 Å². The van der Waals surface area contributed by atoms with E-state index in [1.54, 1.807) is 12.4 Å². The number of hydrazine groups is 1. The molecule has 5 heteroatoms. The van der Waals surface area contributed by atoms with Gasteiger partial charge < -0.3 is 9.83 Å². The van der Waals surface area contributed by atoms with E-state index < -0.39 is 0 Å². The predicted octanol–water partition coefficient (Wildman–Crippen LogP) is 0.0149. The molecule has 5 nitrogen and oxygen atoms in total. The lowest BCUT2D eigenvalue weighted by Gasteiger charge is -1.98. The van der Waals surface area contributed by atoms with E-state index in [2.05, 4.69) is 15.4 Å². The minimum atomic E-state index is 0.581. The van der Waals surface area contributed by atoms with E-state index in [-0.39, 0.29) is 0 Å². The summed E-state index contributed by atoms with van der Waals surface area (Å²) in [5.41, 5.74) is 3.19. The molecule has 0 saturated heterocycles. The van der Waals surface area contributed by atoms with Gasteiger partial charge in [-0.2, -0.15) is 0 Å². The second kappa shape index (κ2) is 2.21. The average molecular weight is 149 g/mol. The van der Waals surface area contributed by atoms with E-state index in [0.717, 1.165) is 5.65 Å². The first-order valence-corrected chi connectivity index (χ1v) is 3.16. The Morgan fingerprint density at radius 2 is 2.00 bits per heavy atom. The molecular weight excluding hydrogens is 142 g/mol. The van der Waals surface area contributed by atoms with Crippen molar-refractivity contribution in [2.45, 2.75) is 0 Å². The molecule has 11 heavy (non-hydrogen) atoms. The van der Waals surface area contributed by atoms with Crippen molar-refractivity contribution >= 4 is 11.5 Å². The second-order valence-electron chi connectivity index (χ2n) is 2.08. The van der Waals surface area contributed by atoms with Gasteiger partial charge in [0.2, 0.25) is 0 Å². The van der Waals surface area contributed by atoms with Crippen molar-refractivity contribution in [3.63, 3.8) is 0 Å². The Morgan fingerprint density at radius 3 is 2.73 bits per heavy atom. The van der Waals surface area contributed by atoms with Crippen LogP contribution in [0, 0.1) is 0 Å². The summed E-state index contributed by atoms with van der Waals surface area (Å²) < 4.78 is 1.84. The van der Waals surface area contributed by atoms with Gasteiger partial charge in [-0.1, -0.05) is 0 Å². The summed E-state index contributed by atoms with van der Waals surface area (Å²) in [5.74, 6) is 5.79. The Kier molecular flexibility index (Phi) is 1.23. The summed E-state index contributed by atoms with van der Waals surface area (Å²) in [6, 6.07) is 0. The number of nitrogens with two attached hydrogens (primary N) is 1. The number of hydrogen-bond donors (Lipinski definition) is 2. The molecule has 0 aromatic carbocycles.